The summed E-state index contributed by atoms with van der Waals surface area (Å²) in [6.45, 7) is 1.80. The minimum Gasteiger partial charge on any atom is -0.382 e. The summed E-state index contributed by atoms with van der Waals surface area (Å²) >= 11 is 3.10. The first-order valence-corrected chi connectivity index (χ1v) is 7.85. The van der Waals surface area contributed by atoms with Crippen molar-refractivity contribution in [3.63, 3.8) is 0 Å². The molecule has 0 saturated carbocycles. The monoisotopic (exact) mass is 314 g/mol. The highest BCUT2D eigenvalue weighted by atomic mass is 32.2. The number of rotatable bonds is 2. The van der Waals surface area contributed by atoms with Crippen LogP contribution >= 0.6 is 23.1 Å². The van der Waals surface area contributed by atoms with Gasteiger partial charge in [0.15, 0.2) is 21.0 Å². The van der Waals surface area contributed by atoms with Gasteiger partial charge in [0.2, 0.25) is 0 Å². The summed E-state index contributed by atoms with van der Waals surface area (Å²) < 4.78 is 2.09. The van der Waals surface area contributed by atoms with Crippen LogP contribution in [-0.4, -0.2) is 24.9 Å². The fourth-order valence-corrected chi connectivity index (χ4v) is 4.00. The molecule has 0 aliphatic carbocycles. The molecule has 0 spiro atoms. The average Bonchev–Trinajstić information content (AvgIpc) is 3.01. The van der Waals surface area contributed by atoms with E-state index in [4.69, 9.17) is 5.73 Å². The molecular weight excluding hydrogens is 304 g/mol. The molecule has 6 nitrogen and oxygen atoms in total. The van der Waals surface area contributed by atoms with Gasteiger partial charge in [-0.2, -0.15) is 0 Å². The van der Waals surface area contributed by atoms with Crippen molar-refractivity contribution in [2.24, 2.45) is 0 Å². The maximum absolute atomic E-state index is 5.88. The van der Waals surface area contributed by atoms with Gasteiger partial charge in [-0.25, -0.2) is 19.9 Å². The number of fused-ring (bicyclic) bond motifs is 2. The Hall–Kier alpha value is -2.19. The number of nitrogens with one attached hydrogen (secondary N) is 1. The fraction of sp³-hybridized carbons (Fsp3) is 0.0769. The molecule has 4 aromatic rings. The van der Waals surface area contributed by atoms with Gasteiger partial charge in [-0.15, -0.1) is 11.3 Å². The summed E-state index contributed by atoms with van der Waals surface area (Å²) in [6, 6.07) is 8.05. The number of nitrogens with zero attached hydrogens (tertiary/aromatic N) is 4. The molecular formula is C13H10N6S2. The first kappa shape index (κ1) is 12.5. The molecule has 0 amide bonds. The number of thiazole rings is 1. The lowest BCUT2D eigenvalue weighted by molar-refractivity contribution is 1.06. The Morgan fingerprint density at radius 2 is 2.00 bits per heavy atom. The van der Waals surface area contributed by atoms with Crippen molar-refractivity contribution in [2.75, 3.05) is 5.73 Å². The van der Waals surface area contributed by atoms with Crippen LogP contribution in [0.2, 0.25) is 0 Å². The van der Waals surface area contributed by atoms with Gasteiger partial charge in [0.1, 0.15) is 11.3 Å². The molecule has 0 aliphatic heterocycles. The largest absolute Gasteiger partial charge is 0.382 e. The van der Waals surface area contributed by atoms with Crippen molar-refractivity contribution >= 4 is 50.3 Å². The summed E-state index contributed by atoms with van der Waals surface area (Å²) in [5, 5.41) is 0.718. The lowest BCUT2D eigenvalue weighted by atomic mass is 10.3. The van der Waals surface area contributed by atoms with Crippen LogP contribution in [0.5, 0.6) is 0 Å². The standard InChI is InChI=1S/C13H10N6S2/c1-6-15-10(14)9-11(16-6)19-12(18-9)21-13-17-7-4-2-3-5-8(7)20-13/h2-5H,1H3,(H3,14,15,16,18,19). The van der Waals surface area contributed by atoms with Gasteiger partial charge in [0, 0.05) is 0 Å². The Morgan fingerprint density at radius 1 is 1.14 bits per heavy atom. The number of aromatic nitrogens is 5. The maximum Gasteiger partial charge on any atom is 0.184 e. The van der Waals surface area contributed by atoms with Crippen molar-refractivity contribution in [1.82, 2.24) is 24.9 Å². The molecule has 0 radical (unpaired) electrons. The van der Waals surface area contributed by atoms with Crippen molar-refractivity contribution in [3.8, 4) is 0 Å². The van der Waals surface area contributed by atoms with Crippen LogP contribution < -0.4 is 5.73 Å². The molecule has 0 aliphatic rings. The summed E-state index contributed by atoms with van der Waals surface area (Å²) in [6.07, 6.45) is 0. The third-order valence-electron chi connectivity index (χ3n) is 2.93. The molecule has 0 bridgehead atoms. The Labute approximate surface area is 127 Å². The highest BCUT2D eigenvalue weighted by Crippen LogP contribution is 2.33. The van der Waals surface area contributed by atoms with Gasteiger partial charge in [0.25, 0.3) is 0 Å². The maximum atomic E-state index is 5.88. The van der Waals surface area contributed by atoms with Crippen LogP contribution in [0.3, 0.4) is 0 Å². The van der Waals surface area contributed by atoms with Gasteiger partial charge < -0.3 is 10.7 Å². The van der Waals surface area contributed by atoms with Gasteiger partial charge in [-0.3, -0.25) is 0 Å². The van der Waals surface area contributed by atoms with Crippen LogP contribution in [0.15, 0.2) is 33.8 Å². The molecule has 8 heteroatoms. The van der Waals surface area contributed by atoms with E-state index >= 15 is 0 Å². The van der Waals surface area contributed by atoms with Gasteiger partial charge in [-0.05, 0) is 30.8 Å². The van der Waals surface area contributed by atoms with Crippen molar-refractivity contribution in [1.29, 1.82) is 0 Å². The number of anilines is 1. The minimum absolute atomic E-state index is 0.418. The Kier molecular flexibility index (Phi) is 2.79. The van der Waals surface area contributed by atoms with Gasteiger partial charge >= 0.3 is 0 Å². The molecule has 0 fully saturated rings. The summed E-state index contributed by atoms with van der Waals surface area (Å²) in [5.74, 6) is 1.03. The number of benzene rings is 1. The Morgan fingerprint density at radius 3 is 2.86 bits per heavy atom. The zero-order valence-electron chi connectivity index (χ0n) is 11.0. The number of aryl methyl sites for hydroxylation is 1. The second-order valence-electron chi connectivity index (χ2n) is 4.45. The quantitative estimate of drug-likeness (QED) is 0.591. The van der Waals surface area contributed by atoms with Crippen molar-refractivity contribution in [2.45, 2.75) is 16.4 Å². The molecule has 0 unspecified atom stereocenters. The van der Waals surface area contributed by atoms with Crippen LogP contribution in [0.1, 0.15) is 5.82 Å². The first-order valence-electron chi connectivity index (χ1n) is 6.22. The van der Waals surface area contributed by atoms with Crippen LogP contribution in [0.25, 0.3) is 21.4 Å². The Bertz CT molecular complexity index is 925. The number of hydrogen-bond acceptors (Lipinski definition) is 7. The molecule has 21 heavy (non-hydrogen) atoms. The third kappa shape index (κ3) is 2.22. The van der Waals surface area contributed by atoms with Crippen molar-refractivity contribution < 1.29 is 0 Å². The van der Waals surface area contributed by atoms with E-state index in [0.717, 1.165) is 19.7 Å². The molecule has 104 valence electrons. The number of hydrogen-bond donors (Lipinski definition) is 2. The predicted molar refractivity (Wildman–Crippen MR) is 84.6 cm³/mol. The van der Waals surface area contributed by atoms with Crippen LogP contribution in [-0.2, 0) is 0 Å². The molecule has 3 N–H and O–H groups in total. The zero-order chi connectivity index (χ0) is 14.4. The van der Waals surface area contributed by atoms with Crippen LogP contribution in [0.4, 0.5) is 5.82 Å². The van der Waals surface area contributed by atoms with E-state index in [1.807, 2.05) is 18.2 Å². The molecule has 3 heterocycles. The Balaban J connectivity index is 1.75. The summed E-state index contributed by atoms with van der Waals surface area (Å²) in [7, 11) is 0. The predicted octanol–water partition coefficient (Wildman–Crippen LogP) is 3.00. The molecule has 1 aromatic carbocycles. The minimum atomic E-state index is 0.418. The highest BCUT2D eigenvalue weighted by molar-refractivity contribution is 8.01. The van der Waals surface area contributed by atoms with E-state index in [1.54, 1.807) is 18.3 Å². The number of nitrogens with two attached hydrogens (primary N) is 1. The molecule has 4 rings (SSSR count). The lowest BCUT2D eigenvalue weighted by Gasteiger charge is -1.94. The number of imidazole rings is 1. The van der Waals surface area contributed by atoms with E-state index in [1.165, 1.54) is 11.8 Å². The third-order valence-corrected chi connectivity index (χ3v) is 4.91. The molecule has 0 atom stereocenters. The molecule has 3 aromatic heterocycles. The lowest BCUT2D eigenvalue weighted by Crippen LogP contribution is -1.96. The van der Waals surface area contributed by atoms with E-state index in [0.29, 0.717) is 22.8 Å². The van der Waals surface area contributed by atoms with E-state index in [-0.39, 0.29) is 0 Å². The highest BCUT2D eigenvalue weighted by Gasteiger charge is 2.12. The topological polar surface area (TPSA) is 93.4 Å². The SMILES string of the molecule is Cc1nc(N)c2[nH]c(Sc3nc4ccccc4s3)nc2n1. The van der Waals surface area contributed by atoms with Crippen LogP contribution in [0, 0.1) is 6.92 Å². The number of H-pyrrole nitrogens is 1. The fourth-order valence-electron chi connectivity index (χ4n) is 2.04. The van der Waals surface area contributed by atoms with E-state index in [2.05, 4.69) is 31.0 Å². The summed E-state index contributed by atoms with van der Waals surface area (Å²) in [5.41, 5.74) is 8.13. The molecule has 0 saturated heterocycles. The van der Waals surface area contributed by atoms with Crippen molar-refractivity contribution in [3.05, 3.63) is 30.1 Å². The number of nitrogen functional groups attached to an aromatic ring is 1. The zero-order valence-corrected chi connectivity index (χ0v) is 12.6. The smallest absolute Gasteiger partial charge is 0.184 e. The van der Waals surface area contributed by atoms with E-state index < -0.39 is 0 Å². The average molecular weight is 314 g/mol. The van der Waals surface area contributed by atoms with Gasteiger partial charge in [-0.1, -0.05) is 12.1 Å². The normalized spacial score (nSPS) is 11.5. The van der Waals surface area contributed by atoms with Gasteiger partial charge in [0.05, 0.1) is 10.2 Å². The number of para-hydroxylation sites is 1. The number of aromatic amines is 1. The summed E-state index contributed by atoms with van der Waals surface area (Å²) in [4.78, 5) is 20.6. The second-order valence-corrected chi connectivity index (χ2v) is 6.71. The first-order chi connectivity index (χ1) is 10.2. The van der Waals surface area contributed by atoms with E-state index in [9.17, 15) is 0 Å². The second kappa shape index (κ2) is 4.68.